The fourth-order valence-corrected chi connectivity index (χ4v) is 2.11. The van der Waals surface area contributed by atoms with Gasteiger partial charge in [-0.15, -0.1) is 0 Å². The molecule has 0 aliphatic carbocycles. The maximum atomic E-state index is 5.81. The zero-order valence-corrected chi connectivity index (χ0v) is 11.7. The van der Waals surface area contributed by atoms with Crippen LogP contribution in [0.2, 0.25) is 0 Å². The molecule has 0 atom stereocenters. The summed E-state index contributed by atoms with van der Waals surface area (Å²) in [5.41, 5.74) is 9.28. The smallest absolute Gasteiger partial charge is 0.136 e. The number of hydrogen-bond donors (Lipinski definition) is 2. The number of nitrogen functional groups attached to an aromatic ring is 1. The van der Waals surface area contributed by atoms with E-state index in [1.54, 1.807) is 6.07 Å². The molecule has 1 aromatic carbocycles. The Hall–Kier alpha value is -2.10. The van der Waals surface area contributed by atoms with Crippen molar-refractivity contribution in [2.45, 2.75) is 33.6 Å². The van der Waals surface area contributed by atoms with Crippen LogP contribution in [0.3, 0.4) is 0 Å². The molecule has 19 heavy (non-hydrogen) atoms. The van der Waals surface area contributed by atoms with Gasteiger partial charge in [0, 0.05) is 18.2 Å². The number of nitrogens with one attached hydrogen (secondary N) is 1. The van der Waals surface area contributed by atoms with Crippen molar-refractivity contribution < 1.29 is 0 Å². The van der Waals surface area contributed by atoms with Gasteiger partial charge in [0.1, 0.15) is 17.5 Å². The van der Waals surface area contributed by atoms with E-state index in [0.29, 0.717) is 5.82 Å². The molecule has 0 bridgehead atoms. The van der Waals surface area contributed by atoms with Crippen LogP contribution in [0.15, 0.2) is 24.3 Å². The fraction of sp³-hybridized carbons (Fsp3) is 0.333. The molecule has 0 aliphatic rings. The molecule has 4 nitrogen and oxygen atoms in total. The molecule has 0 aliphatic heterocycles. The molecule has 0 saturated carbocycles. The van der Waals surface area contributed by atoms with Crippen LogP contribution >= 0.6 is 0 Å². The number of benzene rings is 1. The molecule has 2 aromatic rings. The van der Waals surface area contributed by atoms with Crippen molar-refractivity contribution in [1.29, 1.82) is 0 Å². The van der Waals surface area contributed by atoms with Gasteiger partial charge in [-0.1, -0.05) is 13.0 Å². The summed E-state index contributed by atoms with van der Waals surface area (Å²) in [4.78, 5) is 8.70. The standard InChI is InChI=1S/C15H20N4/c1-4-5-14-18-13(16)9-15(19-14)17-12-7-10(2)6-11(3)8-12/h6-9H,4-5H2,1-3H3,(H3,16,17,18,19). The molecule has 100 valence electrons. The van der Waals surface area contributed by atoms with E-state index in [4.69, 9.17) is 5.73 Å². The second kappa shape index (κ2) is 5.69. The lowest BCUT2D eigenvalue weighted by Crippen LogP contribution is -2.03. The summed E-state index contributed by atoms with van der Waals surface area (Å²) in [6.45, 7) is 6.26. The summed E-state index contributed by atoms with van der Waals surface area (Å²) in [6, 6.07) is 8.08. The number of hydrogen-bond acceptors (Lipinski definition) is 4. The summed E-state index contributed by atoms with van der Waals surface area (Å²) < 4.78 is 0. The monoisotopic (exact) mass is 256 g/mol. The van der Waals surface area contributed by atoms with Gasteiger partial charge >= 0.3 is 0 Å². The van der Waals surface area contributed by atoms with E-state index in [9.17, 15) is 0 Å². The van der Waals surface area contributed by atoms with E-state index in [1.807, 2.05) is 0 Å². The van der Waals surface area contributed by atoms with Gasteiger partial charge in [0.15, 0.2) is 0 Å². The van der Waals surface area contributed by atoms with Crippen molar-refractivity contribution in [1.82, 2.24) is 9.97 Å². The molecular weight excluding hydrogens is 236 g/mol. The SMILES string of the molecule is CCCc1nc(N)cc(Nc2cc(C)cc(C)c2)n1. The van der Waals surface area contributed by atoms with Crippen LogP contribution < -0.4 is 11.1 Å². The average Bonchev–Trinajstić information content (AvgIpc) is 2.26. The van der Waals surface area contributed by atoms with Gasteiger partial charge in [0.2, 0.25) is 0 Å². The molecule has 3 N–H and O–H groups in total. The lowest BCUT2D eigenvalue weighted by molar-refractivity contribution is 0.839. The average molecular weight is 256 g/mol. The third-order valence-electron chi connectivity index (χ3n) is 2.76. The Balaban J connectivity index is 2.27. The van der Waals surface area contributed by atoms with Crippen LogP contribution in [0.4, 0.5) is 17.3 Å². The van der Waals surface area contributed by atoms with E-state index in [0.717, 1.165) is 30.2 Å². The summed E-state index contributed by atoms with van der Waals surface area (Å²) in [6.07, 6.45) is 1.85. The van der Waals surface area contributed by atoms with E-state index >= 15 is 0 Å². The van der Waals surface area contributed by atoms with Crippen LogP contribution in [0, 0.1) is 13.8 Å². The highest BCUT2D eigenvalue weighted by Gasteiger charge is 2.03. The lowest BCUT2D eigenvalue weighted by atomic mass is 10.1. The second-order valence-corrected chi connectivity index (χ2v) is 4.85. The molecule has 0 spiro atoms. The fourth-order valence-electron chi connectivity index (χ4n) is 2.11. The summed E-state index contributed by atoms with van der Waals surface area (Å²) in [5.74, 6) is 2.04. The van der Waals surface area contributed by atoms with Crippen LogP contribution in [0.1, 0.15) is 30.3 Å². The van der Waals surface area contributed by atoms with Gasteiger partial charge in [-0.2, -0.15) is 0 Å². The normalized spacial score (nSPS) is 10.5. The Morgan fingerprint density at radius 2 is 1.74 bits per heavy atom. The first kappa shape index (κ1) is 13.3. The first-order valence-electron chi connectivity index (χ1n) is 6.55. The first-order valence-corrected chi connectivity index (χ1v) is 6.55. The number of aryl methyl sites for hydroxylation is 3. The molecule has 0 fully saturated rings. The van der Waals surface area contributed by atoms with Gasteiger partial charge < -0.3 is 11.1 Å². The molecule has 0 amide bonds. The van der Waals surface area contributed by atoms with E-state index in [1.165, 1.54) is 11.1 Å². The Morgan fingerprint density at radius 1 is 1.05 bits per heavy atom. The van der Waals surface area contributed by atoms with Crippen LogP contribution in [-0.2, 0) is 6.42 Å². The minimum Gasteiger partial charge on any atom is -0.384 e. The molecule has 1 aromatic heterocycles. The number of rotatable bonds is 4. The molecule has 2 rings (SSSR count). The molecule has 0 saturated heterocycles. The van der Waals surface area contributed by atoms with E-state index < -0.39 is 0 Å². The van der Waals surface area contributed by atoms with Gasteiger partial charge in [-0.05, 0) is 43.5 Å². The van der Waals surface area contributed by atoms with Crippen molar-refractivity contribution in [3.8, 4) is 0 Å². The third-order valence-corrected chi connectivity index (χ3v) is 2.76. The number of aromatic nitrogens is 2. The van der Waals surface area contributed by atoms with Gasteiger partial charge in [0.25, 0.3) is 0 Å². The minimum atomic E-state index is 0.505. The van der Waals surface area contributed by atoms with Gasteiger partial charge in [0.05, 0.1) is 0 Å². The highest BCUT2D eigenvalue weighted by Crippen LogP contribution is 2.19. The second-order valence-electron chi connectivity index (χ2n) is 4.85. The van der Waals surface area contributed by atoms with E-state index in [2.05, 4.69) is 54.3 Å². The predicted octanol–water partition coefficient (Wildman–Crippen LogP) is 3.37. The first-order chi connectivity index (χ1) is 9.06. The van der Waals surface area contributed by atoms with Crippen LogP contribution in [-0.4, -0.2) is 9.97 Å². The molecule has 0 radical (unpaired) electrons. The van der Waals surface area contributed by atoms with Crippen molar-refractivity contribution >= 4 is 17.3 Å². The molecule has 1 heterocycles. The summed E-state index contributed by atoms with van der Waals surface area (Å²) >= 11 is 0. The highest BCUT2D eigenvalue weighted by atomic mass is 15.0. The maximum absolute atomic E-state index is 5.81. The zero-order chi connectivity index (χ0) is 13.8. The van der Waals surface area contributed by atoms with Crippen molar-refractivity contribution in [2.24, 2.45) is 0 Å². The number of nitrogens with zero attached hydrogens (tertiary/aromatic N) is 2. The quantitative estimate of drug-likeness (QED) is 0.880. The van der Waals surface area contributed by atoms with Crippen molar-refractivity contribution in [3.05, 3.63) is 41.2 Å². The molecule has 0 unspecified atom stereocenters. The predicted molar refractivity (Wildman–Crippen MR) is 79.6 cm³/mol. The highest BCUT2D eigenvalue weighted by molar-refractivity contribution is 5.60. The van der Waals surface area contributed by atoms with Crippen molar-refractivity contribution in [3.63, 3.8) is 0 Å². The zero-order valence-electron chi connectivity index (χ0n) is 11.7. The third kappa shape index (κ3) is 3.68. The lowest BCUT2D eigenvalue weighted by Gasteiger charge is -2.09. The molecule has 4 heteroatoms. The van der Waals surface area contributed by atoms with E-state index in [-0.39, 0.29) is 0 Å². The Bertz CT molecular complexity index is 558. The Kier molecular flexibility index (Phi) is 4.00. The maximum Gasteiger partial charge on any atom is 0.136 e. The van der Waals surface area contributed by atoms with Crippen molar-refractivity contribution in [2.75, 3.05) is 11.1 Å². The largest absolute Gasteiger partial charge is 0.384 e. The number of anilines is 3. The Labute approximate surface area is 114 Å². The Morgan fingerprint density at radius 3 is 2.37 bits per heavy atom. The summed E-state index contributed by atoms with van der Waals surface area (Å²) in [5, 5.41) is 3.29. The molecular formula is C15H20N4. The number of nitrogens with two attached hydrogens (primary N) is 1. The van der Waals surface area contributed by atoms with Crippen LogP contribution in [0.5, 0.6) is 0 Å². The van der Waals surface area contributed by atoms with Gasteiger partial charge in [-0.25, -0.2) is 9.97 Å². The summed E-state index contributed by atoms with van der Waals surface area (Å²) in [7, 11) is 0. The van der Waals surface area contributed by atoms with Crippen LogP contribution in [0.25, 0.3) is 0 Å². The van der Waals surface area contributed by atoms with Gasteiger partial charge in [-0.3, -0.25) is 0 Å². The minimum absolute atomic E-state index is 0.505. The topological polar surface area (TPSA) is 63.8 Å².